The van der Waals surface area contributed by atoms with Gasteiger partial charge in [0, 0.05) is 5.56 Å². The summed E-state index contributed by atoms with van der Waals surface area (Å²) in [6, 6.07) is 13.1. The largest absolute Gasteiger partial charge is 0.504 e. The summed E-state index contributed by atoms with van der Waals surface area (Å²) in [6.45, 7) is 3.65. The molecular formula is C15H14O2. The zero-order valence-electron chi connectivity index (χ0n) is 9.90. The van der Waals surface area contributed by atoms with Gasteiger partial charge in [0.15, 0.2) is 5.75 Å². The van der Waals surface area contributed by atoms with Gasteiger partial charge in [0.05, 0.1) is 0 Å². The van der Waals surface area contributed by atoms with Gasteiger partial charge in [-0.3, -0.25) is 4.79 Å². The summed E-state index contributed by atoms with van der Waals surface area (Å²) < 4.78 is 0. The monoisotopic (exact) mass is 226 g/mol. The Hall–Kier alpha value is -2.09. The van der Waals surface area contributed by atoms with Crippen molar-refractivity contribution in [3.63, 3.8) is 0 Å². The van der Waals surface area contributed by atoms with Gasteiger partial charge in [0.25, 0.3) is 0 Å². The van der Waals surface area contributed by atoms with E-state index in [0.29, 0.717) is 5.56 Å². The Morgan fingerprint density at radius 3 is 2.24 bits per heavy atom. The molecule has 0 fully saturated rings. The number of aromatic hydroxyl groups is 1. The fourth-order valence-electron chi connectivity index (χ4n) is 1.91. The summed E-state index contributed by atoms with van der Waals surface area (Å²) >= 11 is 0. The summed E-state index contributed by atoms with van der Waals surface area (Å²) in [4.78, 5) is 11.7. The van der Waals surface area contributed by atoms with E-state index in [2.05, 4.69) is 0 Å². The summed E-state index contributed by atoms with van der Waals surface area (Å²) in [7, 11) is 0. The molecule has 2 aromatic carbocycles. The van der Waals surface area contributed by atoms with Crippen molar-refractivity contribution in [1.82, 2.24) is 0 Å². The molecule has 86 valence electrons. The van der Waals surface area contributed by atoms with Crippen LogP contribution in [0.4, 0.5) is 0 Å². The van der Waals surface area contributed by atoms with E-state index in [1.54, 1.807) is 13.0 Å². The van der Waals surface area contributed by atoms with Gasteiger partial charge in [-0.05, 0) is 36.6 Å². The zero-order valence-corrected chi connectivity index (χ0v) is 9.90. The van der Waals surface area contributed by atoms with E-state index in [9.17, 15) is 9.90 Å². The SMILES string of the molecule is Cc1cc(C)c(=O)c(O)cc1-c1ccccc1. The first-order chi connectivity index (χ1) is 8.09. The van der Waals surface area contributed by atoms with E-state index in [-0.39, 0.29) is 11.2 Å². The van der Waals surface area contributed by atoms with Crippen molar-refractivity contribution < 1.29 is 5.11 Å². The number of aryl methyl sites for hydroxylation is 2. The molecule has 0 aliphatic rings. The van der Waals surface area contributed by atoms with Gasteiger partial charge in [-0.15, -0.1) is 0 Å². The molecule has 0 bridgehead atoms. The van der Waals surface area contributed by atoms with E-state index >= 15 is 0 Å². The Bertz CT molecular complexity index is 601. The lowest BCUT2D eigenvalue weighted by atomic mass is 10.0. The number of hydrogen-bond donors (Lipinski definition) is 1. The van der Waals surface area contributed by atoms with Crippen LogP contribution in [-0.4, -0.2) is 5.11 Å². The van der Waals surface area contributed by atoms with Crippen LogP contribution in [0.3, 0.4) is 0 Å². The molecule has 0 spiro atoms. The van der Waals surface area contributed by atoms with Crippen LogP contribution < -0.4 is 5.43 Å². The summed E-state index contributed by atoms with van der Waals surface area (Å²) in [5.41, 5.74) is 3.10. The number of benzene rings is 1. The maximum atomic E-state index is 11.7. The lowest BCUT2D eigenvalue weighted by Crippen LogP contribution is -1.99. The van der Waals surface area contributed by atoms with Crippen molar-refractivity contribution in [2.24, 2.45) is 0 Å². The molecule has 0 aliphatic heterocycles. The molecule has 1 N–H and O–H groups in total. The van der Waals surface area contributed by atoms with Crippen molar-refractivity contribution in [2.75, 3.05) is 0 Å². The maximum absolute atomic E-state index is 11.7. The van der Waals surface area contributed by atoms with Gasteiger partial charge in [0.1, 0.15) is 0 Å². The van der Waals surface area contributed by atoms with E-state index in [4.69, 9.17) is 0 Å². The first kappa shape index (κ1) is 11.4. The predicted octanol–water partition coefficient (Wildman–Crippen LogP) is 3.04. The fourth-order valence-corrected chi connectivity index (χ4v) is 1.91. The highest BCUT2D eigenvalue weighted by Crippen LogP contribution is 2.24. The molecule has 0 unspecified atom stereocenters. The molecule has 0 atom stereocenters. The van der Waals surface area contributed by atoms with Gasteiger partial charge < -0.3 is 5.11 Å². The zero-order chi connectivity index (χ0) is 12.4. The molecule has 0 aromatic heterocycles. The van der Waals surface area contributed by atoms with Crippen LogP contribution in [0.2, 0.25) is 0 Å². The predicted molar refractivity (Wildman–Crippen MR) is 69.3 cm³/mol. The first-order valence-electron chi connectivity index (χ1n) is 5.49. The normalized spacial score (nSPS) is 10.2. The van der Waals surface area contributed by atoms with Crippen molar-refractivity contribution in [3.8, 4) is 16.9 Å². The fraction of sp³-hybridized carbons (Fsp3) is 0.133. The maximum Gasteiger partial charge on any atom is 0.223 e. The average Bonchev–Trinajstić information content (AvgIpc) is 2.43. The molecule has 0 saturated heterocycles. The van der Waals surface area contributed by atoms with E-state index in [1.807, 2.05) is 43.3 Å². The molecule has 2 nitrogen and oxygen atoms in total. The third-order valence-electron chi connectivity index (χ3n) is 2.81. The Morgan fingerprint density at radius 2 is 1.59 bits per heavy atom. The van der Waals surface area contributed by atoms with Gasteiger partial charge in [-0.2, -0.15) is 0 Å². The van der Waals surface area contributed by atoms with Gasteiger partial charge in [-0.1, -0.05) is 36.4 Å². The first-order valence-corrected chi connectivity index (χ1v) is 5.49. The van der Waals surface area contributed by atoms with Crippen LogP contribution in [0.5, 0.6) is 5.75 Å². The van der Waals surface area contributed by atoms with Gasteiger partial charge >= 0.3 is 0 Å². The second-order valence-electron chi connectivity index (χ2n) is 4.15. The average molecular weight is 226 g/mol. The quantitative estimate of drug-likeness (QED) is 0.811. The summed E-state index contributed by atoms with van der Waals surface area (Å²) in [5.74, 6) is -0.200. The molecule has 2 heteroatoms. The standard InChI is InChI=1S/C15H14O2/c1-10-8-11(2)15(17)14(16)9-13(10)12-6-4-3-5-7-12/h3-9H,1-2H3,(H,16,17). The number of rotatable bonds is 1. The Balaban J connectivity index is 2.77. The Morgan fingerprint density at radius 1 is 0.941 bits per heavy atom. The molecule has 17 heavy (non-hydrogen) atoms. The van der Waals surface area contributed by atoms with Crippen LogP contribution in [-0.2, 0) is 0 Å². The summed E-state index contributed by atoms with van der Waals surface area (Å²) in [6.07, 6.45) is 0. The minimum absolute atomic E-state index is 0.200. The third kappa shape index (κ3) is 2.21. The molecule has 0 amide bonds. The molecule has 2 aromatic rings. The van der Waals surface area contributed by atoms with Crippen LogP contribution in [0.25, 0.3) is 11.1 Å². The highest BCUT2D eigenvalue weighted by atomic mass is 16.3. The van der Waals surface area contributed by atoms with E-state index < -0.39 is 0 Å². The molecule has 0 radical (unpaired) electrons. The smallest absolute Gasteiger partial charge is 0.223 e. The Kier molecular flexibility index (Phi) is 2.96. The van der Waals surface area contributed by atoms with Gasteiger partial charge in [0.2, 0.25) is 5.43 Å². The molecule has 2 rings (SSSR count). The van der Waals surface area contributed by atoms with Crippen LogP contribution in [0.1, 0.15) is 11.1 Å². The highest BCUT2D eigenvalue weighted by molar-refractivity contribution is 5.68. The second-order valence-corrected chi connectivity index (χ2v) is 4.15. The van der Waals surface area contributed by atoms with Crippen molar-refractivity contribution in [3.05, 3.63) is 63.8 Å². The molecular weight excluding hydrogens is 212 g/mol. The second kappa shape index (κ2) is 4.42. The molecule has 0 saturated carbocycles. The minimum Gasteiger partial charge on any atom is -0.504 e. The lowest BCUT2D eigenvalue weighted by Gasteiger charge is -2.02. The van der Waals surface area contributed by atoms with Crippen molar-refractivity contribution in [2.45, 2.75) is 13.8 Å². The Labute approximate surface area is 100 Å². The lowest BCUT2D eigenvalue weighted by molar-refractivity contribution is 0.470. The topological polar surface area (TPSA) is 37.3 Å². The van der Waals surface area contributed by atoms with Gasteiger partial charge in [-0.25, -0.2) is 0 Å². The van der Waals surface area contributed by atoms with E-state index in [1.165, 1.54) is 0 Å². The summed E-state index contributed by atoms with van der Waals surface area (Å²) in [5, 5.41) is 9.71. The minimum atomic E-state index is -0.310. The van der Waals surface area contributed by atoms with Crippen LogP contribution >= 0.6 is 0 Å². The molecule has 0 aliphatic carbocycles. The van der Waals surface area contributed by atoms with Crippen LogP contribution in [0.15, 0.2) is 47.3 Å². The number of hydrogen-bond acceptors (Lipinski definition) is 2. The highest BCUT2D eigenvalue weighted by Gasteiger charge is 2.06. The third-order valence-corrected chi connectivity index (χ3v) is 2.81. The van der Waals surface area contributed by atoms with Crippen molar-refractivity contribution in [1.29, 1.82) is 0 Å². The molecule has 0 heterocycles. The van der Waals surface area contributed by atoms with E-state index in [0.717, 1.165) is 16.7 Å². The van der Waals surface area contributed by atoms with Crippen LogP contribution in [0, 0.1) is 13.8 Å². The van der Waals surface area contributed by atoms with Crippen molar-refractivity contribution >= 4 is 0 Å².